The molecule has 0 radical (unpaired) electrons. The van der Waals surface area contributed by atoms with Crippen LogP contribution in [-0.2, 0) is 10.0 Å². The van der Waals surface area contributed by atoms with Gasteiger partial charge < -0.3 is 0 Å². The molecule has 5 heteroatoms. The van der Waals surface area contributed by atoms with Crippen molar-refractivity contribution in [1.29, 1.82) is 0 Å². The Hall–Kier alpha value is -0.910. The summed E-state index contributed by atoms with van der Waals surface area (Å²) in [6.07, 6.45) is 6.57. The fourth-order valence-electron chi connectivity index (χ4n) is 3.88. The van der Waals surface area contributed by atoms with Crippen molar-refractivity contribution in [1.82, 2.24) is 9.21 Å². The van der Waals surface area contributed by atoms with Gasteiger partial charge in [0.05, 0.1) is 4.90 Å². The van der Waals surface area contributed by atoms with Gasteiger partial charge in [-0.25, -0.2) is 8.42 Å². The van der Waals surface area contributed by atoms with E-state index in [0.717, 1.165) is 24.2 Å². The molecule has 0 aromatic heterocycles. The summed E-state index contributed by atoms with van der Waals surface area (Å²) in [4.78, 5) is 2.98. The van der Waals surface area contributed by atoms with E-state index >= 15 is 0 Å². The van der Waals surface area contributed by atoms with Crippen LogP contribution in [0.3, 0.4) is 0 Å². The molecule has 1 heterocycles. The molecule has 0 bridgehead atoms. The second kappa shape index (κ2) is 6.91. The Morgan fingerprint density at radius 2 is 1.61 bits per heavy atom. The van der Waals surface area contributed by atoms with Crippen LogP contribution >= 0.6 is 0 Å². The van der Waals surface area contributed by atoms with Crippen molar-refractivity contribution in [2.75, 3.05) is 26.2 Å². The van der Waals surface area contributed by atoms with Gasteiger partial charge in [-0.05, 0) is 43.9 Å². The van der Waals surface area contributed by atoms with Crippen LogP contribution in [0.2, 0.25) is 0 Å². The van der Waals surface area contributed by atoms with Gasteiger partial charge in [-0.1, -0.05) is 31.4 Å². The predicted molar refractivity (Wildman–Crippen MR) is 93.1 cm³/mol. The first-order valence-corrected chi connectivity index (χ1v) is 10.2. The number of rotatable bonds is 3. The summed E-state index contributed by atoms with van der Waals surface area (Å²) in [5, 5.41) is 0. The van der Waals surface area contributed by atoms with Crippen molar-refractivity contribution < 1.29 is 8.42 Å². The highest BCUT2D eigenvalue weighted by molar-refractivity contribution is 7.89. The number of aryl methyl sites for hydroxylation is 2. The minimum absolute atomic E-state index is 0.476. The van der Waals surface area contributed by atoms with Crippen LogP contribution in [0.1, 0.15) is 43.2 Å². The quantitative estimate of drug-likeness (QED) is 0.852. The Morgan fingerprint density at radius 3 is 2.26 bits per heavy atom. The summed E-state index contributed by atoms with van der Waals surface area (Å²) in [6, 6.07) is 6.35. The van der Waals surface area contributed by atoms with Gasteiger partial charge in [-0.3, -0.25) is 4.90 Å². The molecule has 0 atom stereocenters. The molecule has 1 aromatic rings. The zero-order chi connectivity index (χ0) is 16.4. The summed E-state index contributed by atoms with van der Waals surface area (Å²) >= 11 is 0. The van der Waals surface area contributed by atoms with Crippen LogP contribution in [0.25, 0.3) is 0 Å². The lowest BCUT2D eigenvalue weighted by Gasteiger charge is -2.40. The van der Waals surface area contributed by atoms with E-state index in [1.165, 1.54) is 32.1 Å². The first kappa shape index (κ1) is 16.9. The molecule has 1 saturated heterocycles. The van der Waals surface area contributed by atoms with E-state index in [1.807, 2.05) is 26.0 Å². The van der Waals surface area contributed by atoms with Gasteiger partial charge in [0, 0.05) is 32.2 Å². The average molecular weight is 337 g/mol. The number of sulfonamides is 1. The Labute approximate surface area is 140 Å². The Balaban J connectivity index is 1.69. The van der Waals surface area contributed by atoms with E-state index < -0.39 is 10.0 Å². The first-order valence-electron chi connectivity index (χ1n) is 8.80. The molecule has 3 rings (SSSR count). The summed E-state index contributed by atoms with van der Waals surface area (Å²) < 4.78 is 27.6. The molecule has 1 aliphatic heterocycles. The molecule has 23 heavy (non-hydrogen) atoms. The van der Waals surface area contributed by atoms with E-state index in [1.54, 1.807) is 10.4 Å². The SMILES string of the molecule is Cc1ccc(C)c(S(=O)(=O)N2CCN(C3CCCCC3)CC2)c1. The van der Waals surface area contributed by atoms with Crippen LogP contribution in [0, 0.1) is 13.8 Å². The number of hydrogen-bond acceptors (Lipinski definition) is 3. The molecule has 0 unspecified atom stereocenters. The van der Waals surface area contributed by atoms with Crippen molar-refractivity contribution >= 4 is 10.0 Å². The zero-order valence-electron chi connectivity index (χ0n) is 14.3. The lowest BCUT2D eigenvalue weighted by Crippen LogP contribution is -2.52. The largest absolute Gasteiger partial charge is 0.298 e. The third kappa shape index (κ3) is 3.62. The summed E-state index contributed by atoms with van der Waals surface area (Å²) in [5.74, 6) is 0. The highest BCUT2D eigenvalue weighted by Crippen LogP contribution is 2.26. The molecule has 2 aliphatic rings. The number of nitrogens with zero attached hydrogens (tertiary/aromatic N) is 2. The monoisotopic (exact) mass is 336 g/mol. The second-order valence-electron chi connectivity index (χ2n) is 7.00. The van der Waals surface area contributed by atoms with Crippen LogP contribution in [0.4, 0.5) is 0 Å². The third-order valence-corrected chi connectivity index (χ3v) is 7.37. The Kier molecular flexibility index (Phi) is 5.09. The topological polar surface area (TPSA) is 40.6 Å². The minimum Gasteiger partial charge on any atom is -0.298 e. The van der Waals surface area contributed by atoms with Gasteiger partial charge in [0.1, 0.15) is 0 Å². The summed E-state index contributed by atoms with van der Waals surface area (Å²) in [6.45, 7) is 6.80. The fourth-order valence-corrected chi connectivity index (χ4v) is 5.61. The Morgan fingerprint density at radius 1 is 0.957 bits per heavy atom. The standard InChI is InChI=1S/C18H28N2O2S/c1-15-8-9-16(2)18(14-15)23(21,22)20-12-10-19(11-13-20)17-6-4-3-5-7-17/h8-9,14,17H,3-7,10-13H2,1-2H3. The lowest BCUT2D eigenvalue weighted by molar-refractivity contribution is 0.111. The smallest absolute Gasteiger partial charge is 0.243 e. The molecule has 1 aromatic carbocycles. The summed E-state index contributed by atoms with van der Waals surface area (Å²) in [5.41, 5.74) is 1.83. The number of hydrogen-bond donors (Lipinski definition) is 0. The molecule has 1 saturated carbocycles. The fraction of sp³-hybridized carbons (Fsp3) is 0.667. The molecule has 1 aliphatic carbocycles. The van der Waals surface area contributed by atoms with E-state index in [0.29, 0.717) is 24.0 Å². The molecule has 2 fully saturated rings. The lowest BCUT2D eigenvalue weighted by atomic mass is 9.94. The van der Waals surface area contributed by atoms with Gasteiger partial charge in [-0.15, -0.1) is 0 Å². The zero-order valence-corrected chi connectivity index (χ0v) is 15.1. The van der Waals surface area contributed by atoms with Crippen LogP contribution in [0.5, 0.6) is 0 Å². The molecule has 0 amide bonds. The highest BCUT2D eigenvalue weighted by atomic mass is 32.2. The van der Waals surface area contributed by atoms with Crippen molar-refractivity contribution in [2.45, 2.75) is 56.9 Å². The maximum atomic E-state index is 13.0. The molecule has 0 spiro atoms. The summed E-state index contributed by atoms with van der Waals surface area (Å²) in [7, 11) is -3.36. The minimum atomic E-state index is -3.36. The van der Waals surface area contributed by atoms with Gasteiger partial charge in [0.25, 0.3) is 0 Å². The molecular weight excluding hydrogens is 308 g/mol. The Bertz CT molecular complexity index is 643. The van der Waals surface area contributed by atoms with Crippen molar-refractivity contribution in [3.05, 3.63) is 29.3 Å². The van der Waals surface area contributed by atoms with Crippen molar-refractivity contribution in [3.8, 4) is 0 Å². The predicted octanol–water partition coefficient (Wildman–Crippen LogP) is 2.94. The third-order valence-electron chi connectivity index (χ3n) is 5.33. The van der Waals surface area contributed by atoms with Gasteiger partial charge in [0.2, 0.25) is 10.0 Å². The normalized spacial score (nSPS) is 22.3. The van der Waals surface area contributed by atoms with Gasteiger partial charge in [0.15, 0.2) is 0 Å². The number of piperazine rings is 1. The van der Waals surface area contributed by atoms with E-state index in [4.69, 9.17) is 0 Å². The highest BCUT2D eigenvalue weighted by Gasteiger charge is 2.32. The molecule has 128 valence electrons. The van der Waals surface area contributed by atoms with Crippen LogP contribution < -0.4 is 0 Å². The molecular formula is C18H28N2O2S. The van der Waals surface area contributed by atoms with Crippen LogP contribution in [0.15, 0.2) is 23.1 Å². The second-order valence-corrected chi connectivity index (χ2v) is 8.91. The van der Waals surface area contributed by atoms with Crippen LogP contribution in [-0.4, -0.2) is 49.8 Å². The number of benzene rings is 1. The maximum Gasteiger partial charge on any atom is 0.243 e. The molecule has 0 N–H and O–H groups in total. The van der Waals surface area contributed by atoms with E-state index in [2.05, 4.69) is 4.90 Å². The van der Waals surface area contributed by atoms with E-state index in [9.17, 15) is 8.42 Å². The average Bonchev–Trinajstić information content (AvgIpc) is 2.58. The van der Waals surface area contributed by atoms with Crippen molar-refractivity contribution in [3.63, 3.8) is 0 Å². The van der Waals surface area contributed by atoms with Crippen molar-refractivity contribution in [2.24, 2.45) is 0 Å². The van der Waals surface area contributed by atoms with E-state index in [-0.39, 0.29) is 0 Å². The van der Waals surface area contributed by atoms with Gasteiger partial charge in [-0.2, -0.15) is 4.31 Å². The van der Waals surface area contributed by atoms with Gasteiger partial charge >= 0.3 is 0 Å². The molecule has 4 nitrogen and oxygen atoms in total. The first-order chi connectivity index (χ1) is 11.0. The maximum absolute atomic E-state index is 13.0.